The van der Waals surface area contributed by atoms with Gasteiger partial charge in [-0.2, -0.15) is 5.10 Å². The summed E-state index contributed by atoms with van der Waals surface area (Å²) in [6.45, 7) is 5.79. The van der Waals surface area contributed by atoms with Crippen molar-refractivity contribution in [2.24, 2.45) is 0 Å². The van der Waals surface area contributed by atoms with Crippen LogP contribution in [-0.4, -0.2) is 35.9 Å². The average Bonchev–Trinajstić information content (AvgIpc) is 2.66. The molecule has 1 aromatic heterocycles. The highest BCUT2D eigenvalue weighted by Gasteiger charge is 2.20. The Kier molecular flexibility index (Phi) is 6.01. The first-order valence-electron chi connectivity index (χ1n) is 8.83. The van der Waals surface area contributed by atoms with Crippen molar-refractivity contribution in [2.75, 3.05) is 24.6 Å². The largest absolute Gasteiger partial charge is 0.494 e. The Hall–Kier alpha value is -2.14. The predicted octanol–water partition coefficient (Wildman–Crippen LogP) is 3.02. The zero-order valence-electron chi connectivity index (χ0n) is 14.3. The van der Waals surface area contributed by atoms with Gasteiger partial charge in [-0.25, -0.2) is 0 Å². The molecule has 0 amide bonds. The number of benzene rings is 1. The molecule has 5 heteroatoms. The molecule has 1 atom stereocenters. The van der Waals surface area contributed by atoms with Crippen molar-refractivity contribution in [2.45, 2.75) is 38.8 Å². The van der Waals surface area contributed by atoms with Gasteiger partial charge < -0.3 is 15.0 Å². The molecular formula is C19H26N4O. The van der Waals surface area contributed by atoms with E-state index in [0.29, 0.717) is 6.04 Å². The van der Waals surface area contributed by atoms with Crippen molar-refractivity contribution in [3.8, 4) is 5.75 Å². The minimum atomic E-state index is 0.473. The summed E-state index contributed by atoms with van der Waals surface area (Å²) in [6, 6.07) is 12.8. The molecule has 1 aliphatic heterocycles. The molecular weight excluding hydrogens is 300 g/mol. The smallest absolute Gasteiger partial charge is 0.151 e. The van der Waals surface area contributed by atoms with Crippen LogP contribution in [0.1, 0.15) is 31.7 Å². The van der Waals surface area contributed by atoms with Gasteiger partial charge in [0.15, 0.2) is 5.82 Å². The second-order valence-electron chi connectivity index (χ2n) is 6.24. The number of aromatic nitrogens is 2. The molecule has 0 saturated carbocycles. The number of rotatable bonds is 7. The lowest BCUT2D eigenvalue weighted by Gasteiger charge is -2.33. The van der Waals surface area contributed by atoms with Gasteiger partial charge in [0, 0.05) is 31.9 Å². The van der Waals surface area contributed by atoms with Gasteiger partial charge in [0.2, 0.25) is 0 Å². The average molecular weight is 326 g/mol. The highest BCUT2D eigenvalue weighted by molar-refractivity contribution is 5.37. The summed E-state index contributed by atoms with van der Waals surface area (Å²) in [4.78, 5) is 2.31. The van der Waals surface area contributed by atoms with E-state index in [2.05, 4.69) is 45.5 Å². The van der Waals surface area contributed by atoms with Crippen LogP contribution in [-0.2, 0) is 6.54 Å². The van der Waals surface area contributed by atoms with Crippen molar-refractivity contribution >= 4 is 5.82 Å². The fourth-order valence-electron chi connectivity index (χ4n) is 3.04. The van der Waals surface area contributed by atoms with E-state index >= 15 is 0 Å². The van der Waals surface area contributed by atoms with Gasteiger partial charge in [-0.1, -0.05) is 19.1 Å². The Bertz CT molecular complexity index is 620. The highest BCUT2D eigenvalue weighted by atomic mass is 16.5. The lowest BCUT2D eigenvalue weighted by atomic mass is 10.1. The number of anilines is 1. The van der Waals surface area contributed by atoms with Crippen LogP contribution in [0.5, 0.6) is 5.75 Å². The fraction of sp³-hybridized carbons (Fsp3) is 0.474. The van der Waals surface area contributed by atoms with Crippen LogP contribution in [0.4, 0.5) is 5.82 Å². The molecule has 1 aromatic carbocycles. The summed E-state index contributed by atoms with van der Waals surface area (Å²) in [5.41, 5.74) is 1.26. The van der Waals surface area contributed by atoms with E-state index in [-0.39, 0.29) is 0 Å². The van der Waals surface area contributed by atoms with E-state index in [4.69, 9.17) is 4.74 Å². The van der Waals surface area contributed by atoms with E-state index in [9.17, 15) is 0 Å². The molecule has 3 rings (SSSR count). The predicted molar refractivity (Wildman–Crippen MR) is 96.3 cm³/mol. The number of ether oxygens (including phenoxy) is 1. The zero-order valence-corrected chi connectivity index (χ0v) is 14.3. The van der Waals surface area contributed by atoms with Gasteiger partial charge in [0.1, 0.15) is 5.75 Å². The Morgan fingerprint density at radius 3 is 3.08 bits per heavy atom. The number of hydrogen-bond donors (Lipinski definition) is 1. The summed E-state index contributed by atoms with van der Waals surface area (Å²) in [5, 5.41) is 11.9. The first kappa shape index (κ1) is 16.7. The highest BCUT2D eigenvalue weighted by Crippen LogP contribution is 2.18. The van der Waals surface area contributed by atoms with E-state index in [1.807, 2.05) is 18.2 Å². The zero-order chi connectivity index (χ0) is 16.6. The van der Waals surface area contributed by atoms with Gasteiger partial charge in [0.25, 0.3) is 0 Å². The van der Waals surface area contributed by atoms with Crippen LogP contribution < -0.4 is 15.0 Å². The summed E-state index contributed by atoms with van der Waals surface area (Å²) >= 11 is 0. The van der Waals surface area contributed by atoms with Crippen LogP contribution in [0.15, 0.2) is 42.6 Å². The first-order chi connectivity index (χ1) is 11.8. The third-order valence-electron chi connectivity index (χ3n) is 4.27. The molecule has 2 heterocycles. The molecule has 2 aromatic rings. The Morgan fingerprint density at radius 1 is 1.29 bits per heavy atom. The van der Waals surface area contributed by atoms with Crippen LogP contribution in [0.3, 0.4) is 0 Å². The van der Waals surface area contributed by atoms with Gasteiger partial charge in [-0.15, -0.1) is 5.10 Å². The lowest BCUT2D eigenvalue weighted by Crippen LogP contribution is -2.45. The molecule has 1 N–H and O–H groups in total. The maximum Gasteiger partial charge on any atom is 0.151 e. The Labute approximate surface area is 144 Å². The SMILES string of the molecule is CCCOc1cccc(CNC2CCCN(c3cccnn3)C2)c1. The second kappa shape index (κ2) is 8.64. The van der Waals surface area contributed by atoms with Gasteiger partial charge in [-0.3, -0.25) is 0 Å². The van der Waals surface area contributed by atoms with Crippen LogP contribution in [0.25, 0.3) is 0 Å². The van der Waals surface area contributed by atoms with E-state index < -0.39 is 0 Å². The molecule has 0 bridgehead atoms. The van der Waals surface area contributed by atoms with Gasteiger partial charge >= 0.3 is 0 Å². The van der Waals surface area contributed by atoms with E-state index in [1.165, 1.54) is 18.4 Å². The summed E-state index contributed by atoms with van der Waals surface area (Å²) in [7, 11) is 0. The molecule has 0 aliphatic carbocycles. The van der Waals surface area contributed by atoms with Gasteiger partial charge in [-0.05, 0) is 49.1 Å². The first-order valence-corrected chi connectivity index (χ1v) is 8.83. The minimum absolute atomic E-state index is 0.473. The summed E-state index contributed by atoms with van der Waals surface area (Å²) in [6.07, 6.45) is 5.12. The van der Waals surface area contributed by atoms with Crippen molar-refractivity contribution in [1.82, 2.24) is 15.5 Å². The lowest BCUT2D eigenvalue weighted by molar-refractivity contribution is 0.317. The monoisotopic (exact) mass is 326 g/mol. The molecule has 1 aliphatic rings. The number of piperidine rings is 1. The maximum absolute atomic E-state index is 5.71. The normalized spacial score (nSPS) is 17.7. The Balaban J connectivity index is 1.53. The van der Waals surface area contributed by atoms with Crippen LogP contribution in [0.2, 0.25) is 0 Å². The third-order valence-corrected chi connectivity index (χ3v) is 4.27. The quantitative estimate of drug-likeness (QED) is 0.847. The number of nitrogens with zero attached hydrogens (tertiary/aromatic N) is 3. The number of hydrogen-bond acceptors (Lipinski definition) is 5. The topological polar surface area (TPSA) is 50.3 Å². The summed E-state index contributed by atoms with van der Waals surface area (Å²) in [5.74, 6) is 1.93. The molecule has 24 heavy (non-hydrogen) atoms. The second-order valence-corrected chi connectivity index (χ2v) is 6.24. The van der Waals surface area contributed by atoms with E-state index in [0.717, 1.165) is 44.2 Å². The molecule has 1 saturated heterocycles. The fourth-order valence-corrected chi connectivity index (χ4v) is 3.04. The summed E-state index contributed by atoms with van der Waals surface area (Å²) < 4.78 is 5.71. The maximum atomic E-state index is 5.71. The van der Waals surface area contributed by atoms with Gasteiger partial charge in [0.05, 0.1) is 6.61 Å². The third kappa shape index (κ3) is 4.68. The molecule has 1 fully saturated rings. The van der Waals surface area contributed by atoms with E-state index in [1.54, 1.807) is 6.20 Å². The van der Waals surface area contributed by atoms with Crippen LogP contribution in [0, 0.1) is 0 Å². The number of nitrogens with one attached hydrogen (secondary N) is 1. The standard InChI is InChI=1S/C19H26N4O/c1-2-12-24-18-8-3-6-16(13-18)14-20-17-7-5-11-23(15-17)19-9-4-10-21-22-19/h3-4,6,8-10,13,17,20H,2,5,7,11-12,14-15H2,1H3. The van der Waals surface area contributed by atoms with Crippen molar-refractivity contribution in [1.29, 1.82) is 0 Å². The minimum Gasteiger partial charge on any atom is -0.494 e. The molecule has 5 nitrogen and oxygen atoms in total. The molecule has 128 valence electrons. The molecule has 0 spiro atoms. The molecule has 1 unspecified atom stereocenters. The molecule has 0 radical (unpaired) electrons. The van der Waals surface area contributed by atoms with Crippen molar-refractivity contribution in [3.05, 3.63) is 48.2 Å². The Morgan fingerprint density at radius 2 is 2.25 bits per heavy atom. The van der Waals surface area contributed by atoms with Crippen molar-refractivity contribution < 1.29 is 4.74 Å². The van der Waals surface area contributed by atoms with Crippen LogP contribution >= 0.6 is 0 Å². The van der Waals surface area contributed by atoms with Crippen molar-refractivity contribution in [3.63, 3.8) is 0 Å².